The summed E-state index contributed by atoms with van der Waals surface area (Å²) < 4.78 is 37.0. The van der Waals surface area contributed by atoms with Crippen LogP contribution in [-0.2, 0) is 21.2 Å². The van der Waals surface area contributed by atoms with Gasteiger partial charge in [0.05, 0.1) is 41.0 Å². The largest absolute Gasteiger partial charge is 0.491 e. The van der Waals surface area contributed by atoms with Gasteiger partial charge in [-0.05, 0) is 47.0 Å². The van der Waals surface area contributed by atoms with Crippen molar-refractivity contribution in [1.82, 2.24) is 9.97 Å². The molecule has 5 rings (SSSR count). The van der Waals surface area contributed by atoms with E-state index in [0.29, 0.717) is 41.1 Å². The Bertz CT molecular complexity index is 1650. The van der Waals surface area contributed by atoms with Crippen LogP contribution in [0.5, 0.6) is 5.75 Å². The maximum Gasteiger partial charge on any atom is 0.178 e. The number of aromatic amines is 1. The lowest BCUT2D eigenvalue weighted by atomic mass is 9.99. The van der Waals surface area contributed by atoms with Crippen molar-refractivity contribution in [2.45, 2.75) is 24.8 Å². The molecule has 0 atom stereocenters. The van der Waals surface area contributed by atoms with Gasteiger partial charge in [0.25, 0.3) is 0 Å². The second-order valence-electron chi connectivity index (χ2n) is 8.71. The topological polar surface area (TPSA) is 81.3 Å². The molecule has 0 bridgehead atoms. The van der Waals surface area contributed by atoms with Crippen molar-refractivity contribution < 1.29 is 17.9 Å². The maximum absolute atomic E-state index is 12.5. The van der Waals surface area contributed by atoms with Crippen molar-refractivity contribution in [2.75, 3.05) is 19.0 Å². The number of nitrogens with zero attached hydrogens (tertiary/aromatic N) is 1. The predicted octanol–water partition coefficient (Wildman–Crippen LogP) is 6.82. The van der Waals surface area contributed by atoms with E-state index in [2.05, 4.69) is 9.97 Å². The molecule has 0 saturated carbocycles. The van der Waals surface area contributed by atoms with Crippen LogP contribution in [0.1, 0.15) is 18.9 Å². The van der Waals surface area contributed by atoms with Crippen molar-refractivity contribution in [2.24, 2.45) is 0 Å². The number of sulfone groups is 1. The molecule has 0 saturated heterocycles. The van der Waals surface area contributed by atoms with Crippen LogP contribution in [0.3, 0.4) is 0 Å². The van der Waals surface area contributed by atoms with E-state index in [1.54, 1.807) is 31.3 Å². The Morgan fingerprint density at radius 3 is 2.62 bits per heavy atom. The summed E-state index contributed by atoms with van der Waals surface area (Å²) in [6.45, 7) is 3.28. The number of halogens is 1. The Kier molecular flexibility index (Phi) is 7.46. The van der Waals surface area contributed by atoms with Gasteiger partial charge in [-0.3, -0.25) is 0 Å². The number of ether oxygens (including phenoxy) is 2. The molecule has 37 heavy (non-hydrogen) atoms. The lowest BCUT2D eigenvalue weighted by Gasteiger charge is -2.12. The first-order valence-electron chi connectivity index (χ1n) is 12.1. The van der Waals surface area contributed by atoms with Crippen LogP contribution in [-0.4, -0.2) is 37.4 Å². The van der Waals surface area contributed by atoms with E-state index in [1.165, 1.54) is 0 Å². The molecule has 0 aliphatic rings. The van der Waals surface area contributed by atoms with Crippen LogP contribution in [0.4, 0.5) is 0 Å². The highest BCUT2D eigenvalue weighted by atomic mass is 35.5. The third-order valence-electron chi connectivity index (χ3n) is 6.22. The molecular weight excluding hydrogens is 508 g/mol. The molecule has 8 heteroatoms. The molecule has 0 unspecified atom stereocenters. The molecule has 3 aromatic carbocycles. The van der Waals surface area contributed by atoms with Gasteiger partial charge < -0.3 is 14.5 Å². The zero-order valence-corrected chi connectivity index (χ0v) is 22.0. The van der Waals surface area contributed by atoms with Gasteiger partial charge in [-0.1, -0.05) is 61.0 Å². The second kappa shape index (κ2) is 10.9. The van der Waals surface area contributed by atoms with Gasteiger partial charge in [-0.25, -0.2) is 13.4 Å². The Labute approximate surface area is 221 Å². The molecule has 6 nitrogen and oxygen atoms in total. The minimum atomic E-state index is -3.34. The quantitative estimate of drug-likeness (QED) is 0.199. The van der Waals surface area contributed by atoms with Crippen molar-refractivity contribution in [3.8, 4) is 16.9 Å². The summed E-state index contributed by atoms with van der Waals surface area (Å²) in [6, 6.07) is 22.8. The van der Waals surface area contributed by atoms with Crippen molar-refractivity contribution in [1.29, 1.82) is 0 Å². The van der Waals surface area contributed by atoms with E-state index in [0.717, 1.165) is 39.4 Å². The second-order valence-corrected chi connectivity index (χ2v) is 11.4. The van der Waals surface area contributed by atoms with Crippen LogP contribution < -0.4 is 4.74 Å². The van der Waals surface area contributed by atoms with E-state index in [1.807, 2.05) is 54.6 Å². The Morgan fingerprint density at radius 1 is 0.973 bits per heavy atom. The highest BCUT2D eigenvalue weighted by Crippen LogP contribution is 2.40. The van der Waals surface area contributed by atoms with Gasteiger partial charge in [0.15, 0.2) is 9.84 Å². The molecule has 5 aromatic rings. The lowest BCUT2D eigenvalue weighted by Crippen LogP contribution is -2.04. The minimum Gasteiger partial charge on any atom is -0.491 e. The summed E-state index contributed by atoms with van der Waals surface area (Å²) in [4.78, 5) is 8.12. The zero-order chi connectivity index (χ0) is 25.8. The van der Waals surface area contributed by atoms with Gasteiger partial charge in [0.2, 0.25) is 0 Å². The molecule has 2 heterocycles. The van der Waals surface area contributed by atoms with Gasteiger partial charge >= 0.3 is 0 Å². The fourth-order valence-electron chi connectivity index (χ4n) is 4.33. The first-order chi connectivity index (χ1) is 18.0. The van der Waals surface area contributed by atoms with Gasteiger partial charge in [0, 0.05) is 23.4 Å². The van der Waals surface area contributed by atoms with E-state index >= 15 is 0 Å². The van der Waals surface area contributed by atoms with Gasteiger partial charge in [0.1, 0.15) is 11.4 Å². The number of hydrogen-bond donors (Lipinski definition) is 1. The molecule has 0 amide bonds. The third-order valence-corrected chi connectivity index (χ3v) is 8.16. The molecule has 0 aliphatic heterocycles. The van der Waals surface area contributed by atoms with Crippen LogP contribution in [0.25, 0.3) is 33.1 Å². The number of aromatic nitrogens is 2. The smallest absolute Gasteiger partial charge is 0.178 e. The van der Waals surface area contributed by atoms with E-state index in [4.69, 9.17) is 21.1 Å². The summed E-state index contributed by atoms with van der Waals surface area (Å²) in [6.07, 6.45) is 2.33. The highest BCUT2D eigenvalue weighted by Gasteiger charge is 2.18. The van der Waals surface area contributed by atoms with E-state index < -0.39 is 9.84 Å². The minimum absolute atomic E-state index is 0.0420. The number of H-pyrrole nitrogens is 1. The molecular formula is C29H27ClN2O4S. The molecule has 0 radical (unpaired) electrons. The number of rotatable bonds is 10. The number of nitrogens with one attached hydrogen (secondary N) is 1. The van der Waals surface area contributed by atoms with E-state index in [-0.39, 0.29) is 5.75 Å². The summed E-state index contributed by atoms with van der Waals surface area (Å²) >= 11 is 6.29. The monoisotopic (exact) mass is 534 g/mol. The maximum atomic E-state index is 12.5. The van der Waals surface area contributed by atoms with Crippen LogP contribution in [0, 0.1) is 0 Å². The first kappa shape index (κ1) is 25.3. The number of benzene rings is 3. The Balaban J connectivity index is 1.43. The normalized spacial score (nSPS) is 11.8. The average molecular weight is 535 g/mol. The lowest BCUT2D eigenvalue weighted by molar-refractivity contribution is 0.107. The number of hydrogen-bond acceptors (Lipinski definition) is 5. The van der Waals surface area contributed by atoms with Crippen molar-refractivity contribution in [3.63, 3.8) is 0 Å². The fraction of sp³-hybridized carbons (Fsp3) is 0.207. The summed E-state index contributed by atoms with van der Waals surface area (Å²) in [7, 11) is -3.34. The predicted molar refractivity (Wildman–Crippen MR) is 148 cm³/mol. The molecule has 0 fully saturated rings. The average Bonchev–Trinajstić information content (AvgIpc) is 3.30. The zero-order valence-electron chi connectivity index (χ0n) is 20.4. The van der Waals surface area contributed by atoms with Gasteiger partial charge in [-0.2, -0.15) is 0 Å². The highest BCUT2D eigenvalue weighted by molar-refractivity contribution is 7.91. The van der Waals surface area contributed by atoms with E-state index in [9.17, 15) is 8.42 Å². The molecule has 0 spiro atoms. The molecule has 190 valence electrons. The van der Waals surface area contributed by atoms with Crippen LogP contribution in [0.2, 0.25) is 5.02 Å². The fourth-order valence-corrected chi connectivity index (χ4v) is 5.41. The summed E-state index contributed by atoms with van der Waals surface area (Å²) in [5.41, 5.74) is 4.27. The third kappa shape index (κ3) is 5.49. The van der Waals surface area contributed by atoms with Crippen molar-refractivity contribution in [3.05, 3.63) is 89.6 Å². The molecule has 2 aromatic heterocycles. The Morgan fingerprint density at radius 2 is 1.81 bits per heavy atom. The van der Waals surface area contributed by atoms with Gasteiger partial charge in [-0.15, -0.1) is 0 Å². The first-order valence-corrected chi connectivity index (χ1v) is 14.2. The summed E-state index contributed by atoms with van der Waals surface area (Å²) in [5.74, 6) is 0.730. The standard InChI is InChI=1S/C29H27ClN2O4S/c1-2-37(33,34)23-11-6-10-21(16-23)24-12-13-26(28-27(24)25-17-22(30)18-31-29(25)32-28)36-15-7-14-35-19-20-8-4-3-5-9-20/h3-6,8-13,16-18H,2,7,14-15,19H2,1H3,(H,31,32). The number of fused-ring (bicyclic) bond motifs is 3. The summed E-state index contributed by atoms with van der Waals surface area (Å²) in [5, 5.41) is 2.25. The number of pyridine rings is 1. The SMILES string of the molecule is CCS(=O)(=O)c1cccc(-c2ccc(OCCCOCc3ccccc3)c3[nH]c4ncc(Cl)cc4c23)c1. The van der Waals surface area contributed by atoms with Crippen molar-refractivity contribution >= 4 is 43.4 Å². The molecule has 1 N–H and O–H groups in total. The molecule has 0 aliphatic carbocycles. The Hall–Kier alpha value is -3.39. The van der Waals surface area contributed by atoms with Crippen LogP contribution >= 0.6 is 11.6 Å². The van der Waals surface area contributed by atoms with Crippen LogP contribution in [0.15, 0.2) is 83.9 Å².